The molecule has 0 aromatic heterocycles. The van der Waals surface area contributed by atoms with Crippen LogP contribution in [0, 0.1) is 0 Å². The quantitative estimate of drug-likeness (QED) is 0.564. The van der Waals surface area contributed by atoms with Crippen molar-refractivity contribution in [1.82, 2.24) is 6.15 Å². The summed E-state index contributed by atoms with van der Waals surface area (Å²) in [5.74, 6) is -1.12. The van der Waals surface area contributed by atoms with Crippen molar-refractivity contribution >= 4 is 5.97 Å². The molecule has 0 bridgehead atoms. The van der Waals surface area contributed by atoms with Gasteiger partial charge in [-0.25, -0.2) is 0 Å². The molecule has 68 valence electrons. The number of carbonyl (C=O) groups is 1. The van der Waals surface area contributed by atoms with Gasteiger partial charge in [-0.2, -0.15) is 0 Å². The molecule has 4 heteroatoms. The minimum Gasteiger partial charge on any atom is -0.545 e. The molecule has 0 saturated carbocycles. The van der Waals surface area contributed by atoms with Crippen molar-refractivity contribution in [2.24, 2.45) is 0 Å². The number of carboxylic acids is 1. The lowest BCUT2D eigenvalue weighted by atomic mass is 10.4. The second-order valence-corrected chi connectivity index (χ2v) is 1.45. The number of hydrogen-bond acceptors (Lipinski definition) is 3. The summed E-state index contributed by atoms with van der Waals surface area (Å²) >= 11 is 0. The average molecular weight is 163 g/mol. The Balaban J connectivity index is -0.000000140. The Morgan fingerprint density at radius 3 is 2.00 bits per heavy atom. The predicted molar refractivity (Wildman–Crippen MR) is 43.2 cm³/mol. The molecule has 0 heterocycles. The minimum absolute atomic E-state index is 0. The Morgan fingerprint density at radius 1 is 1.55 bits per heavy atom. The van der Waals surface area contributed by atoms with Crippen molar-refractivity contribution in [3.63, 3.8) is 0 Å². The van der Waals surface area contributed by atoms with Crippen LogP contribution in [0.15, 0.2) is 12.2 Å². The highest BCUT2D eigenvalue weighted by Gasteiger charge is 1.66. The van der Waals surface area contributed by atoms with Crippen LogP contribution < -0.4 is 11.3 Å². The molecule has 0 aliphatic carbocycles. The topological polar surface area (TPSA) is 96.9 Å². The van der Waals surface area contributed by atoms with Gasteiger partial charge in [0, 0.05) is 6.61 Å². The number of carboxylic acid groups (broad SMARTS) is 1. The molecule has 5 N–H and O–H groups in total. The van der Waals surface area contributed by atoms with Gasteiger partial charge in [0.15, 0.2) is 0 Å². The van der Waals surface area contributed by atoms with Gasteiger partial charge in [-0.1, -0.05) is 13.0 Å². The van der Waals surface area contributed by atoms with Gasteiger partial charge in [0.05, 0.1) is 5.97 Å². The largest absolute Gasteiger partial charge is 0.545 e. The normalized spacial score (nSPS) is 7.91. The van der Waals surface area contributed by atoms with Gasteiger partial charge in [0.25, 0.3) is 0 Å². The number of aliphatic hydroxyl groups is 1. The van der Waals surface area contributed by atoms with Crippen LogP contribution in [0.1, 0.15) is 20.3 Å². The first-order valence-corrected chi connectivity index (χ1v) is 3.17. The summed E-state index contributed by atoms with van der Waals surface area (Å²) in [4.78, 5) is 9.56. The van der Waals surface area contributed by atoms with Crippen molar-refractivity contribution in [3.05, 3.63) is 12.2 Å². The van der Waals surface area contributed by atoms with E-state index in [1.54, 1.807) is 6.92 Å². The molecule has 0 atom stereocenters. The minimum atomic E-state index is -1.12. The van der Waals surface area contributed by atoms with Crippen LogP contribution in [0.3, 0.4) is 0 Å². The molecule has 0 aliphatic heterocycles. The van der Waals surface area contributed by atoms with E-state index in [4.69, 9.17) is 5.11 Å². The average Bonchev–Trinajstić information content (AvgIpc) is 1.85. The third kappa shape index (κ3) is 47.4. The molecule has 0 unspecified atom stereocenters. The van der Waals surface area contributed by atoms with Crippen molar-refractivity contribution in [3.8, 4) is 0 Å². The van der Waals surface area contributed by atoms with E-state index in [0.717, 1.165) is 12.5 Å². The van der Waals surface area contributed by atoms with Gasteiger partial charge in [-0.05, 0) is 19.4 Å². The van der Waals surface area contributed by atoms with Gasteiger partial charge in [-0.15, -0.1) is 0 Å². The molecule has 0 spiro atoms. The fourth-order valence-corrected chi connectivity index (χ4v) is 0.214. The van der Waals surface area contributed by atoms with Gasteiger partial charge in [0.2, 0.25) is 0 Å². The lowest BCUT2D eigenvalue weighted by molar-refractivity contribution is -0.297. The molecule has 4 nitrogen and oxygen atoms in total. The molecule has 0 rings (SSSR count). The number of quaternary nitrogens is 1. The van der Waals surface area contributed by atoms with Crippen molar-refractivity contribution in [2.75, 3.05) is 6.61 Å². The fraction of sp³-hybridized carbons (Fsp3) is 0.571. The van der Waals surface area contributed by atoms with Gasteiger partial charge >= 0.3 is 0 Å². The van der Waals surface area contributed by atoms with Crippen LogP contribution in [0.2, 0.25) is 0 Å². The third-order valence-corrected chi connectivity index (χ3v) is 0.490. The zero-order chi connectivity index (χ0) is 8.41. The molecule has 0 aliphatic rings. The summed E-state index contributed by atoms with van der Waals surface area (Å²) in [6.45, 7) is 3.79. The van der Waals surface area contributed by atoms with E-state index in [1.807, 2.05) is 6.92 Å². The summed E-state index contributed by atoms with van der Waals surface area (Å²) < 4.78 is 0. The highest BCUT2D eigenvalue weighted by atomic mass is 16.4. The molecule has 0 aromatic rings. The Bertz CT molecular complexity index is 102. The zero-order valence-corrected chi connectivity index (χ0v) is 7.33. The Labute approximate surface area is 67.1 Å². The van der Waals surface area contributed by atoms with E-state index in [1.165, 1.54) is 6.08 Å². The predicted octanol–water partition coefficient (Wildman–Crippen LogP) is 0.0773. The zero-order valence-electron chi connectivity index (χ0n) is 7.33. The monoisotopic (exact) mass is 163 g/mol. The van der Waals surface area contributed by atoms with Crippen molar-refractivity contribution in [2.45, 2.75) is 20.3 Å². The van der Waals surface area contributed by atoms with Crippen LogP contribution in [0.5, 0.6) is 0 Å². The lowest BCUT2D eigenvalue weighted by Gasteiger charge is -1.85. The molecule has 0 saturated heterocycles. The highest BCUT2D eigenvalue weighted by molar-refractivity contribution is 5.77. The van der Waals surface area contributed by atoms with Gasteiger partial charge < -0.3 is 21.2 Å². The van der Waals surface area contributed by atoms with Crippen LogP contribution >= 0.6 is 0 Å². The Morgan fingerprint density at radius 2 is 1.91 bits per heavy atom. The Hall–Kier alpha value is -0.870. The Kier molecular flexibility index (Phi) is 24.2. The smallest absolute Gasteiger partial charge is 0.0639 e. The second kappa shape index (κ2) is 16.1. The molecular weight excluding hydrogens is 146 g/mol. The highest BCUT2D eigenvalue weighted by Crippen LogP contribution is 1.75. The fourth-order valence-electron chi connectivity index (χ4n) is 0.214. The van der Waals surface area contributed by atoms with Crippen molar-refractivity contribution < 1.29 is 15.0 Å². The van der Waals surface area contributed by atoms with E-state index in [-0.39, 0.29) is 12.8 Å². The third-order valence-electron chi connectivity index (χ3n) is 0.490. The number of rotatable bonds is 2. The van der Waals surface area contributed by atoms with E-state index < -0.39 is 5.97 Å². The standard InChI is InChI=1S/C5H8O2.C2H6O.H3N/c1-2-3-4-5(6)7;1-2-3;/h3-4H,2H2,1H3,(H,6,7);3H,2H2,1H3;1H3. The second-order valence-electron chi connectivity index (χ2n) is 1.45. The van der Waals surface area contributed by atoms with E-state index >= 15 is 0 Å². The summed E-state index contributed by atoms with van der Waals surface area (Å²) in [5.41, 5.74) is 0. The molecular formula is C7H17NO3. The maximum atomic E-state index is 9.56. The maximum absolute atomic E-state index is 9.56. The molecule has 0 radical (unpaired) electrons. The van der Waals surface area contributed by atoms with E-state index in [0.29, 0.717) is 0 Å². The summed E-state index contributed by atoms with van der Waals surface area (Å²) in [6.07, 6.45) is 3.31. The first-order chi connectivity index (χ1) is 4.68. The number of aliphatic hydroxyl groups excluding tert-OH is 1. The first kappa shape index (κ1) is 16.6. The number of allylic oxidation sites excluding steroid dienone is 1. The molecule has 0 aromatic carbocycles. The summed E-state index contributed by atoms with van der Waals surface area (Å²) in [5, 5.41) is 17.1. The molecule has 11 heavy (non-hydrogen) atoms. The molecule has 0 amide bonds. The SMILES string of the molecule is CCC=CC(=O)[O-].CCO.[NH4+]. The number of hydrogen-bond donors (Lipinski definition) is 2. The van der Waals surface area contributed by atoms with E-state index in [9.17, 15) is 9.90 Å². The lowest BCUT2D eigenvalue weighted by Crippen LogP contribution is -2.18. The van der Waals surface area contributed by atoms with Crippen molar-refractivity contribution in [1.29, 1.82) is 0 Å². The van der Waals surface area contributed by atoms with Crippen LogP contribution in [0.4, 0.5) is 0 Å². The number of aliphatic carboxylic acids is 1. The van der Waals surface area contributed by atoms with Gasteiger partial charge in [0.1, 0.15) is 0 Å². The maximum Gasteiger partial charge on any atom is 0.0639 e. The summed E-state index contributed by atoms with van der Waals surface area (Å²) in [7, 11) is 0. The van der Waals surface area contributed by atoms with Gasteiger partial charge in [-0.3, -0.25) is 0 Å². The van der Waals surface area contributed by atoms with E-state index in [2.05, 4.69) is 0 Å². The summed E-state index contributed by atoms with van der Waals surface area (Å²) in [6, 6.07) is 0. The van der Waals surface area contributed by atoms with Crippen LogP contribution in [-0.2, 0) is 4.79 Å². The number of carbonyl (C=O) groups excluding carboxylic acids is 1. The molecule has 0 fully saturated rings. The first-order valence-electron chi connectivity index (χ1n) is 3.17. The van der Waals surface area contributed by atoms with Crippen LogP contribution in [-0.4, -0.2) is 17.7 Å². The van der Waals surface area contributed by atoms with Crippen LogP contribution in [0.25, 0.3) is 0 Å².